The van der Waals surface area contributed by atoms with E-state index in [4.69, 9.17) is 4.74 Å². The predicted molar refractivity (Wildman–Crippen MR) is 57.1 cm³/mol. The number of ether oxygens (including phenoxy) is 1. The van der Waals surface area contributed by atoms with Gasteiger partial charge in [0, 0.05) is 19.2 Å². The van der Waals surface area contributed by atoms with E-state index in [9.17, 15) is 0 Å². The van der Waals surface area contributed by atoms with Gasteiger partial charge in [0.25, 0.3) is 0 Å². The Balaban J connectivity index is 2.11. The van der Waals surface area contributed by atoms with Crippen molar-refractivity contribution in [3.8, 4) is 0 Å². The maximum absolute atomic E-state index is 5.31. The Morgan fingerprint density at radius 1 is 1.62 bits per heavy atom. The molecular weight excluding hydrogens is 182 g/mol. The summed E-state index contributed by atoms with van der Waals surface area (Å²) in [5.41, 5.74) is 1.35. The minimum Gasteiger partial charge on any atom is -0.380 e. The van der Waals surface area contributed by atoms with Gasteiger partial charge in [-0.3, -0.25) is 0 Å². The molecule has 0 saturated carbocycles. The predicted octanol–water partition coefficient (Wildman–Crippen LogP) is 2.26. The van der Waals surface area contributed by atoms with Crippen molar-refractivity contribution in [2.75, 3.05) is 13.2 Å². The summed E-state index contributed by atoms with van der Waals surface area (Å²) >= 11 is 1.74. The molecule has 0 aliphatic carbocycles. The average molecular weight is 199 g/mol. The van der Waals surface area contributed by atoms with E-state index in [2.05, 4.69) is 29.1 Å². The molecule has 0 saturated heterocycles. The van der Waals surface area contributed by atoms with Gasteiger partial charge in [-0.2, -0.15) is 11.3 Å². The van der Waals surface area contributed by atoms with Crippen molar-refractivity contribution >= 4 is 11.3 Å². The first kappa shape index (κ1) is 10.7. The lowest BCUT2D eigenvalue weighted by Crippen LogP contribution is -2.29. The van der Waals surface area contributed by atoms with Gasteiger partial charge in [0.05, 0.1) is 6.61 Å². The van der Waals surface area contributed by atoms with E-state index in [0.29, 0.717) is 6.04 Å². The van der Waals surface area contributed by atoms with Crippen molar-refractivity contribution in [2.24, 2.45) is 0 Å². The van der Waals surface area contributed by atoms with Gasteiger partial charge in [-0.15, -0.1) is 0 Å². The molecule has 13 heavy (non-hydrogen) atoms. The largest absolute Gasteiger partial charge is 0.380 e. The van der Waals surface area contributed by atoms with E-state index in [1.54, 1.807) is 11.3 Å². The Bertz CT molecular complexity index is 211. The van der Waals surface area contributed by atoms with E-state index >= 15 is 0 Å². The van der Waals surface area contributed by atoms with Crippen molar-refractivity contribution < 1.29 is 4.74 Å². The summed E-state index contributed by atoms with van der Waals surface area (Å²) in [6, 6.07) is 2.57. The molecule has 0 aliphatic heterocycles. The minimum atomic E-state index is 0.430. The van der Waals surface area contributed by atoms with Crippen LogP contribution in [0.1, 0.15) is 19.4 Å². The fourth-order valence-electron chi connectivity index (χ4n) is 1.04. The third-order valence-corrected chi connectivity index (χ3v) is 2.54. The molecule has 0 spiro atoms. The molecule has 0 radical (unpaired) electrons. The average Bonchev–Trinajstić information content (AvgIpc) is 2.64. The van der Waals surface area contributed by atoms with Crippen LogP contribution in [0.25, 0.3) is 0 Å². The van der Waals surface area contributed by atoms with Crippen molar-refractivity contribution in [3.63, 3.8) is 0 Å². The van der Waals surface area contributed by atoms with Crippen LogP contribution in [0.2, 0.25) is 0 Å². The molecule has 0 amide bonds. The summed E-state index contributed by atoms with van der Waals surface area (Å²) in [5, 5.41) is 7.67. The summed E-state index contributed by atoms with van der Waals surface area (Å²) in [7, 11) is 0. The standard InChI is InChI=1S/C10H17NOS/c1-3-12-7-9(2)11-6-10-4-5-13-8-10/h4-5,8-9,11H,3,6-7H2,1-2H3. The lowest BCUT2D eigenvalue weighted by molar-refractivity contribution is 0.127. The van der Waals surface area contributed by atoms with Crippen molar-refractivity contribution in [2.45, 2.75) is 26.4 Å². The van der Waals surface area contributed by atoms with Crippen LogP contribution in [0.5, 0.6) is 0 Å². The lowest BCUT2D eigenvalue weighted by Gasteiger charge is -2.12. The summed E-state index contributed by atoms with van der Waals surface area (Å²) in [4.78, 5) is 0. The lowest BCUT2D eigenvalue weighted by atomic mass is 10.3. The summed E-state index contributed by atoms with van der Waals surface area (Å²) < 4.78 is 5.31. The molecule has 1 aromatic heterocycles. The van der Waals surface area contributed by atoms with Crippen LogP contribution in [-0.2, 0) is 11.3 Å². The van der Waals surface area contributed by atoms with Gasteiger partial charge in [-0.1, -0.05) is 0 Å². The highest BCUT2D eigenvalue weighted by atomic mass is 32.1. The topological polar surface area (TPSA) is 21.3 Å². The van der Waals surface area contributed by atoms with E-state index in [0.717, 1.165) is 19.8 Å². The highest BCUT2D eigenvalue weighted by Gasteiger charge is 2.00. The zero-order chi connectivity index (χ0) is 9.52. The van der Waals surface area contributed by atoms with Crippen LogP contribution in [0.3, 0.4) is 0 Å². The SMILES string of the molecule is CCOCC(C)NCc1ccsc1. The van der Waals surface area contributed by atoms with Gasteiger partial charge in [0.1, 0.15) is 0 Å². The normalized spacial score (nSPS) is 13.1. The Morgan fingerprint density at radius 3 is 3.08 bits per heavy atom. The molecule has 2 nitrogen and oxygen atoms in total. The smallest absolute Gasteiger partial charge is 0.0616 e. The zero-order valence-corrected chi connectivity index (χ0v) is 9.06. The van der Waals surface area contributed by atoms with Crippen LogP contribution >= 0.6 is 11.3 Å². The molecule has 1 aromatic rings. The molecule has 0 aliphatic rings. The molecular formula is C10H17NOS. The van der Waals surface area contributed by atoms with Crippen LogP contribution in [0.4, 0.5) is 0 Å². The number of thiophene rings is 1. The molecule has 1 atom stereocenters. The Morgan fingerprint density at radius 2 is 2.46 bits per heavy atom. The van der Waals surface area contributed by atoms with E-state index in [-0.39, 0.29) is 0 Å². The van der Waals surface area contributed by atoms with Crippen molar-refractivity contribution in [3.05, 3.63) is 22.4 Å². The summed E-state index contributed by atoms with van der Waals surface area (Å²) in [6.45, 7) is 6.69. The van der Waals surface area contributed by atoms with Gasteiger partial charge >= 0.3 is 0 Å². The molecule has 74 valence electrons. The molecule has 1 unspecified atom stereocenters. The Hall–Kier alpha value is -0.380. The molecule has 0 bridgehead atoms. The maximum atomic E-state index is 5.31. The molecule has 1 heterocycles. The first-order chi connectivity index (χ1) is 6.33. The van der Waals surface area contributed by atoms with Gasteiger partial charge in [-0.05, 0) is 36.2 Å². The first-order valence-electron chi connectivity index (χ1n) is 4.65. The zero-order valence-electron chi connectivity index (χ0n) is 8.25. The van der Waals surface area contributed by atoms with E-state index < -0.39 is 0 Å². The van der Waals surface area contributed by atoms with Crippen LogP contribution in [-0.4, -0.2) is 19.3 Å². The van der Waals surface area contributed by atoms with Crippen LogP contribution in [0, 0.1) is 0 Å². The third-order valence-electron chi connectivity index (χ3n) is 1.81. The van der Waals surface area contributed by atoms with E-state index in [1.165, 1.54) is 5.56 Å². The van der Waals surface area contributed by atoms with Gasteiger partial charge in [-0.25, -0.2) is 0 Å². The molecule has 0 fully saturated rings. The summed E-state index contributed by atoms with van der Waals surface area (Å²) in [5.74, 6) is 0. The quantitative estimate of drug-likeness (QED) is 0.759. The fraction of sp³-hybridized carbons (Fsp3) is 0.600. The fourth-order valence-corrected chi connectivity index (χ4v) is 1.71. The highest BCUT2D eigenvalue weighted by molar-refractivity contribution is 7.07. The van der Waals surface area contributed by atoms with Crippen LogP contribution in [0.15, 0.2) is 16.8 Å². The Kier molecular flexibility index (Phi) is 5.05. The second-order valence-electron chi connectivity index (χ2n) is 3.07. The van der Waals surface area contributed by atoms with E-state index in [1.807, 2.05) is 6.92 Å². The second kappa shape index (κ2) is 6.13. The number of hydrogen-bond donors (Lipinski definition) is 1. The third kappa shape index (κ3) is 4.41. The van der Waals surface area contributed by atoms with Crippen molar-refractivity contribution in [1.29, 1.82) is 0 Å². The highest BCUT2D eigenvalue weighted by Crippen LogP contribution is 2.05. The molecule has 3 heteroatoms. The molecule has 1 N–H and O–H groups in total. The van der Waals surface area contributed by atoms with Gasteiger partial charge < -0.3 is 10.1 Å². The van der Waals surface area contributed by atoms with Crippen LogP contribution < -0.4 is 5.32 Å². The number of nitrogens with one attached hydrogen (secondary N) is 1. The maximum Gasteiger partial charge on any atom is 0.0616 e. The molecule has 0 aromatic carbocycles. The number of hydrogen-bond acceptors (Lipinski definition) is 3. The van der Waals surface area contributed by atoms with Gasteiger partial charge in [0.2, 0.25) is 0 Å². The first-order valence-corrected chi connectivity index (χ1v) is 5.59. The monoisotopic (exact) mass is 199 g/mol. The summed E-state index contributed by atoms with van der Waals surface area (Å²) in [6.07, 6.45) is 0. The second-order valence-corrected chi connectivity index (χ2v) is 3.85. The van der Waals surface area contributed by atoms with Gasteiger partial charge in [0.15, 0.2) is 0 Å². The van der Waals surface area contributed by atoms with Crippen molar-refractivity contribution in [1.82, 2.24) is 5.32 Å². The molecule has 1 rings (SSSR count). The number of rotatable bonds is 6. The Labute approximate surface area is 83.9 Å². The minimum absolute atomic E-state index is 0.430.